The van der Waals surface area contributed by atoms with Crippen molar-refractivity contribution in [1.29, 1.82) is 0 Å². The summed E-state index contributed by atoms with van der Waals surface area (Å²) in [7, 11) is 2.13. The molecule has 2 atom stereocenters. The lowest BCUT2D eigenvalue weighted by Crippen LogP contribution is -2.13. The van der Waals surface area contributed by atoms with Gasteiger partial charge in [-0.2, -0.15) is 0 Å². The van der Waals surface area contributed by atoms with Gasteiger partial charge in [-0.15, -0.1) is 0 Å². The fraction of sp³-hybridized carbons (Fsp3) is 0.158. The van der Waals surface area contributed by atoms with Crippen LogP contribution < -0.4 is 4.74 Å². The molecule has 2 unspecified atom stereocenters. The van der Waals surface area contributed by atoms with Crippen LogP contribution in [0.3, 0.4) is 0 Å². The molecule has 1 aliphatic carbocycles. The van der Waals surface area contributed by atoms with Crippen molar-refractivity contribution in [1.82, 2.24) is 4.57 Å². The number of para-hydroxylation sites is 2. The number of aryl methyl sites for hydroxylation is 1. The molecule has 2 nitrogen and oxygen atoms in total. The highest BCUT2D eigenvalue weighted by Gasteiger charge is 2.39. The van der Waals surface area contributed by atoms with Gasteiger partial charge in [0.15, 0.2) is 0 Å². The molecular weight excluding hydrogens is 258 g/mol. The first kappa shape index (κ1) is 11.2. The van der Waals surface area contributed by atoms with Crippen LogP contribution in [0, 0.1) is 0 Å². The Kier molecular flexibility index (Phi) is 2.02. The second-order valence-electron chi connectivity index (χ2n) is 5.84. The topological polar surface area (TPSA) is 14.2 Å². The Labute approximate surface area is 123 Å². The molecule has 0 radical (unpaired) electrons. The van der Waals surface area contributed by atoms with Crippen LogP contribution in [0.4, 0.5) is 0 Å². The van der Waals surface area contributed by atoms with Gasteiger partial charge >= 0.3 is 0 Å². The highest BCUT2D eigenvalue weighted by atomic mass is 16.5. The van der Waals surface area contributed by atoms with Crippen molar-refractivity contribution in [2.75, 3.05) is 0 Å². The van der Waals surface area contributed by atoms with Gasteiger partial charge in [0.25, 0.3) is 0 Å². The minimum Gasteiger partial charge on any atom is -0.484 e. The van der Waals surface area contributed by atoms with Crippen LogP contribution >= 0.6 is 0 Å². The number of benzene rings is 2. The van der Waals surface area contributed by atoms with Crippen LogP contribution in [0.15, 0.2) is 54.6 Å². The summed E-state index contributed by atoms with van der Waals surface area (Å²) < 4.78 is 8.56. The zero-order valence-corrected chi connectivity index (χ0v) is 11.8. The number of nitrogens with zero attached hydrogens (tertiary/aromatic N) is 1. The first-order chi connectivity index (χ1) is 10.3. The van der Waals surface area contributed by atoms with E-state index in [1.54, 1.807) is 0 Å². The summed E-state index contributed by atoms with van der Waals surface area (Å²) in [6, 6.07) is 17.0. The van der Waals surface area contributed by atoms with E-state index in [0.717, 1.165) is 5.75 Å². The lowest BCUT2D eigenvalue weighted by atomic mass is 9.86. The summed E-state index contributed by atoms with van der Waals surface area (Å²) >= 11 is 0. The molecule has 21 heavy (non-hydrogen) atoms. The highest BCUT2D eigenvalue weighted by molar-refractivity contribution is 5.90. The van der Waals surface area contributed by atoms with E-state index in [4.69, 9.17) is 4.74 Å². The molecule has 0 saturated carbocycles. The van der Waals surface area contributed by atoms with Gasteiger partial charge in [0.1, 0.15) is 11.9 Å². The van der Waals surface area contributed by atoms with E-state index in [1.165, 1.54) is 27.7 Å². The number of fused-ring (bicyclic) bond motifs is 7. The van der Waals surface area contributed by atoms with Gasteiger partial charge in [-0.25, -0.2) is 0 Å². The summed E-state index contributed by atoms with van der Waals surface area (Å²) in [4.78, 5) is 0. The summed E-state index contributed by atoms with van der Waals surface area (Å²) in [6.07, 6.45) is 4.65. The van der Waals surface area contributed by atoms with Gasteiger partial charge in [-0.3, -0.25) is 0 Å². The van der Waals surface area contributed by atoms with Crippen molar-refractivity contribution in [3.63, 3.8) is 0 Å². The molecule has 0 bridgehead atoms. The number of aromatic nitrogens is 1. The molecule has 2 heterocycles. The van der Waals surface area contributed by atoms with Crippen molar-refractivity contribution >= 4 is 17.0 Å². The maximum Gasteiger partial charge on any atom is 0.137 e. The minimum absolute atomic E-state index is 0.105. The molecule has 2 aromatic carbocycles. The van der Waals surface area contributed by atoms with Crippen LogP contribution in [0.25, 0.3) is 17.0 Å². The molecule has 0 amide bonds. The predicted octanol–water partition coefficient (Wildman–Crippen LogP) is 4.42. The predicted molar refractivity (Wildman–Crippen MR) is 84.5 cm³/mol. The zero-order valence-electron chi connectivity index (χ0n) is 11.8. The Morgan fingerprint density at radius 3 is 2.76 bits per heavy atom. The number of ether oxygens (including phenoxy) is 1. The lowest BCUT2D eigenvalue weighted by Gasteiger charge is -2.21. The summed E-state index contributed by atoms with van der Waals surface area (Å²) in [5, 5.41) is 1.31. The second kappa shape index (κ2) is 3.79. The first-order valence-corrected chi connectivity index (χ1v) is 7.35. The van der Waals surface area contributed by atoms with Crippen LogP contribution in [-0.2, 0) is 7.05 Å². The Morgan fingerprint density at radius 1 is 1.00 bits per heavy atom. The SMILES string of the molecule is Cn1c2c(c3ccccc31)C1Oc3ccccc3C1C=C2. The van der Waals surface area contributed by atoms with Crippen molar-refractivity contribution in [3.05, 3.63) is 71.4 Å². The Bertz CT molecular complexity index is 903. The number of hydrogen-bond donors (Lipinski definition) is 0. The molecule has 102 valence electrons. The molecule has 1 aromatic heterocycles. The van der Waals surface area contributed by atoms with Gasteiger partial charge in [0.05, 0.1) is 0 Å². The van der Waals surface area contributed by atoms with Gasteiger partial charge in [-0.05, 0) is 18.2 Å². The molecule has 0 saturated heterocycles. The van der Waals surface area contributed by atoms with Crippen LogP contribution in [0.2, 0.25) is 0 Å². The molecule has 2 heteroatoms. The van der Waals surface area contributed by atoms with Crippen molar-refractivity contribution < 1.29 is 4.74 Å². The zero-order chi connectivity index (χ0) is 14.0. The van der Waals surface area contributed by atoms with E-state index in [-0.39, 0.29) is 6.10 Å². The normalized spacial score (nSPS) is 21.8. The summed E-state index contributed by atoms with van der Waals surface area (Å²) in [5.74, 6) is 1.36. The second-order valence-corrected chi connectivity index (χ2v) is 5.84. The van der Waals surface area contributed by atoms with E-state index >= 15 is 0 Å². The average Bonchev–Trinajstić information content (AvgIpc) is 3.04. The molecule has 0 spiro atoms. The lowest BCUT2D eigenvalue weighted by molar-refractivity contribution is 0.224. The summed E-state index contributed by atoms with van der Waals surface area (Å²) in [5.41, 5.74) is 5.17. The van der Waals surface area contributed by atoms with E-state index in [9.17, 15) is 0 Å². The fourth-order valence-corrected chi connectivity index (χ4v) is 3.82. The van der Waals surface area contributed by atoms with Gasteiger partial charge < -0.3 is 9.30 Å². The van der Waals surface area contributed by atoms with Crippen LogP contribution in [0.5, 0.6) is 5.75 Å². The van der Waals surface area contributed by atoms with Gasteiger partial charge in [-0.1, -0.05) is 42.5 Å². The molecule has 1 aliphatic heterocycles. The minimum atomic E-state index is 0.105. The number of hydrogen-bond acceptors (Lipinski definition) is 1. The maximum atomic E-state index is 6.29. The molecule has 0 fully saturated rings. The van der Waals surface area contributed by atoms with Gasteiger partial charge in [0.2, 0.25) is 0 Å². The van der Waals surface area contributed by atoms with Crippen molar-refractivity contribution in [2.24, 2.45) is 7.05 Å². The third-order valence-electron chi connectivity index (χ3n) is 4.80. The Hall–Kier alpha value is -2.48. The van der Waals surface area contributed by atoms with E-state index in [0.29, 0.717) is 5.92 Å². The quantitative estimate of drug-likeness (QED) is 0.591. The molecule has 0 N–H and O–H groups in total. The van der Waals surface area contributed by atoms with E-state index in [2.05, 4.69) is 66.2 Å². The monoisotopic (exact) mass is 273 g/mol. The number of rotatable bonds is 0. The fourth-order valence-electron chi connectivity index (χ4n) is 3.82. The Morgan fingerprint density at radius 2 is 1.81 bits per heavy atom. The van der Waals surface area contributed by atoms with Crippen molar-refractivity contribution in [3.8, 4) is 5.75 Å². The molecule has 3 aromatic rings. The molecule has 5 rings (SSSR count). The Balaban J connectivity index is 1.80. The van der Waals surface area contributed by atoms with E-state index in [1.807, 2.05) is 6.07 Å². The van der Waals surface area contributed by atoms with Crippen molar-refractivity contribution in [2.45, 2.75) is 12.0 Å². The van der Waals surface area contributed by atoms with Crippen LogP contribution in [-0.4, -0.2) is 4.57 Å². The largest absolute Gasteiger partial charge is 0.484 e. The standard InChI is InChI=1S/C19H15NO/c1-20-15-8-4-2-7-14(15)18-16(20)11-10-13-12-6-3-5-9-17(12)21-19(13)18/h2-11,13,19H,1H3. The highest BCUT2D eigenvalue weighted by Crippen LogP contribution is 2.52. The third kappa shape index (κ3) is 1.32. The third-order valence-corrected chi connectivity index (χ3v) is 4.80. The van der Waals surface area contributed by atoms with Gasteiger partial charge in [0, 0.05) is 40.7 Å². The summed E-state index contributed by atoms with van der Waals surface area (Å²) in [6.45, 7) is 0. The van der Waals surface area contributed by atoms with Crippen LogP contribution in [0.1, 0.15) is 28.8 Å². The average molecular weight is 273 g/mol. The molecule has 2 aliphatic rings. The first-order valence-electron chi connectivity index (χ1n) is 7.35. The van der Waals surface area contributed by atoms with E-state index < -0.39 is 0 Å². The maximum absolute atomic E-state index is 6.29. The molecular formula is C19H15NO. The smallest absolute Gasteiger partial charge is 0.137 e.